The summed E-state index contributed by atoms with van der Waals surface area (Å²) in [6, 6.07) is 20.4. The van der Waals surface area contributed by atoms with Gasteiger partial charge in [0.25, 0.3) is 0 Å². The second kappa shape index (κ2) is 7.22. The molecule has 0 unspecified atom stereocenters. The molecule has 2 aromatic carbocycles. The lowest BCUT2D eigenvalue weighted by atomic mass is 10.2. The predicted octanol–water partition coefficient (Wildman–Crippen LogP) is 4.83. The summed E-state index contributed by atoms with van der Waals surface area (Å²) >= 11 is 13.0. The molecule has 0 radical (unpaired) electrons. The Balaban J connectivity index is 1.98. The molecule has 1 heterocycles. The molecule has 2 nitrogen and oxygen atoms in total. The van der Waals surface area contributed by atoms with E-state index in [0.717, 1.165) is 39.5 Å². The Labute approximate surface area is 146 Å². The average molecular weight is 345 g/mol. The number of hydrogen-bond acceptors (Lipinski definition) is 3. The number of rotatable bonds is 2. The maximum Gasteiger partial charge on any atom is 0.186 e. The third kappa shape index (κ3) is 3.32. The molecule has 0 atom stereocenters. The second-order valence-corrected chi connectivity index (χ2v) is 7.00. The fourth-order valence-corrected chi connectivity index (χ4v) is 4.09. The Hall–Kier alpha value is -1.43. The van der Waals surface area contributed by atoms with Gasteiger partial charge in [0.1, 0.15) is 4.32 Å². The number of anilines is 2. The second-order valence-electron chi connectivity index (χ2n) is 4.91. The van der Waals surface area contributed by atoms with Crippen LogP contribution in [0.25, 0.3) is 0 Å². The van der Waals surface area contributed by atoms with Crippen LogP contribution in [0.3, 0.4) is 0 Å². The van der Waals surface area contributed by atoms with Crippen molar-refractivity contribution in [2.24, 2.45) is 0 Å². The molecular formula is C17H16N2S3. The molecule has 1 fully saturated rings. The van der Waals surface area contributed by atoms with Crippen LogP contribution in [0.1, 0.15) is 6.42 Å². The molecule has 3 rings (SSSR count). The maximum atomic E-state index is 5.79. The van der Waals surface area contributed by atoms with Crippen LogP contribution >= 0.6 is 36.2 Å². The van der Waals surface area contributed by atoms with Crippen LogP contribution in [0, 0.1) is 0 Å². The monoisotopic (exact) mass is 344 g/mol. The summed E-state index contributed by atoms with van der Waals surface area (Å²) < 4.78 is 0.869. The van der Waals surface area contributed by atoms with Crippen molar-refractivity contribution in [3.05, 3.63) is 60.7 Å². The minimum Gasteiger partial charge on any atom is -0.304 e. The number of nitrogens with zero attached hydrogens (tertiary/aromatic N) is 2. The van der Waals surface area contributed by atoms with E-state index in [-0.39, 0.29) is 0 Å². The molecule has 0 aromatic heterocycles. The summed E-state index contributed by atoms with van der Waals surface area (Å²) in [6.45, 7) is 0.890. The minimum atomic E-state index is 0.745. The van der Waals surface area contributed by atoms with Gasteiger partial charge in [0, 0.05) is 23.7 Å². The SMILES string of the molecule is S=C1SCCCN1C(=S)N(c1ccccc1)c1ccccc1. The van der Waals surface area contributed by atoms with Crippen molar-refractivity contribution in [3.63, 3.8) is 0 Å². The fourth-order valence-electron chi connectivity index (χ4n) is 2.37. The van der Waals surface area contributed by atoms with Crippen LogP contribution < -0.4 is 4.90 Å². The molecule has 2 aromatic rings. The molecule has 1 aliphatic heterocycles. The summed E-state index contributed by atoms with van der Waals surface area (Å²) in [5.74, 6) is 1.08. The molecule has 0 spiro atoms. The zero-order chi connectivity index (χ0) is 15.4. The number of para-hydroxylation sites is 2. The summed E-state index contributed by atoms with van der Waals surface area (Å²) in [5.41, 5.74) is 2.11. The molecule has 0 bridgehead atoms. The summed E-state index contributed by atoms with van der Waals surface area (Å²) in [7, 11) is 0. The fraction of sp³-hybridized carbons (Fsp3) is 0.176. The Kier molecular flexibility index (Phi) is 5.08. The molecule has 112 valence electrons. The first-order valence-electron chi connectivity index (χ1n) is 7.16. The van der Waals surface area contributed by atoms with Crippen molar-refractivity contribution in [1.82, 2.24) is 4.90 Å². The van der Waals surface area contributed by atoms with Gasteiger partial charge in [-0.15, -0.1) is 0 Å². The first kappa shape index (κ1) is 15.5. The lowest BCUT2D eigenvalue weighted by Gasteiger charge is -2.35. The Morgan fingerprint density at radius 3 is 2.00 bits per heavy atom. The third-order valence-corrected chi connectivity index (χ3v) is 5.36. The van der Waals surface area contributed by atoms with Crippen LogP contribution in [0.4, 0.5) is 11.4 Å². The van der Waals surface area contributed by atoms with Crippen molar-refractivity contribution >= 4 is 57.0 Å². The van der Waals surface area contributed by atoms with Crippen molar-refractivity contribution in [1.29, 1.82) is 0 Å². The normalized spacial score (nSPS) is 14.7. The van der Waals surface area contributed by atoms with Gasteiger partial charge in [-0.25, -0.2) is 0 Å². The molecule has 0 aliphatic carbocycles. The van der Waals surface area contributed by atoms with Gasteiger partial charge in [-0.3, -0.25) is 4.90 Å². The number of thiocarbonyl (C=S) groups is 2. The number of benzene rings is 2. The van der Waals surface area contributed by atoms with Gasteiger partial charge in [0.2, 0.25) is 0 Å². The Morgan fingerprint density at radius 1 is 0.955 bits per heavy atom. The van der Waals surface area contributed by atoms with Crippen LogP contribution in [0.5, 0.6) is 0 Å². The van der Waals surface area contributed by atoms with Gasteiger partial charge in [-0.1, -0.05) is 60.4 Å². The standard InChI is InChI=1S/C17H16N2S3/c20-16(18-12-7-13-22-17(18)21)19(14-8-3-1-4-9-14)15-10-5-2-6-11-15/h1-6,8-11H,7,12-13H2. The third-order valence-electron chi connectivity index (χ3n) is 3.42. The van der Waals surface area contributed by atoms with E-state index in [2.05, 4.69) is 34.1 Å². The van der Waals surface area contributed by atoms with Crippen molar-refractivity contribution in [2.45, 2.75) is 6.42 Å². The minimum absolute atomic E-state index is 0.745. The van der Waals surface area contributed by atoms with Crippen LogP contribution in [0.15, 0.2) is 60.7 Å². The van der Waals surface area contributed by atoms with Crippen LogP contribution in [0.2, 0.25) is 0 Å². The molecule has 0 amide bonds. The van der Waals surface area contributed by atoms with Gasteiger partial charge in [0.05, 0.1) is 0 Å². The summed E-state index contributed by atoms with van der Waals surface area (Å²) in [5, 5.41) is 0.745. The molecule has 0 N–H and O–H groups in total. The van der Waals surface area contributed by atoms with E-state index in [4.69, 9.17) is 24.4 Å². The van der Waals surface area contributed by atoms with E-state index in [1.165, 1.54) is 0 Å². The first-order valence-corrected chi connectivity index (χ1v) is 8.96. The van der Waals surface area contributed by atoms with Crippen LogP contribution in [-0.4, -0.2) is 26.6 Å². The lowest BCUT2D eigenvalue weighted by Crippen LogP contribution is -2.45. The Bertz CT molecular complexity index is 619. The van der Waals surface area contributed by atoms with Crippen molar-refractivity contribution in [2.75, 3.05) is 17.2 Å². The van der Waals surface area contributed by atoms with Gasteiger partial charge >= 0.3 is 0 Å². The van der Waals surface area contributed by atoms with Gasteiger partial charge in [-0.2, -0.15) is 0 Å². The van der Waals surface area contributed by atoms with Gasteiger partial charge < -0.3 is 4.90 Å². The van der Waals surface area contributed by atoms with E-state index in [1.807, 2.05) is 36.4 Å². The summed E-state index contributed by atoms with van der Waals surface area (Å²) in [4.78, 5) is 4.16. The predicted molar refractivity (Wildman–Crippen MR) is 104 cm³/mol. The highest BCUT2D eigenvalue weighted by molar-refractivity contribution is 8.23. The Morgan fingerprint density at radius 2 is 1.50 bits per heavy atom. The zero-order valence-electron chi connectivity index (χ0n) is 12.0. The van der Waals surface area contributed by atoms with Crippen LogP contribution in [-0.2, 0) is 0 Å². The highest BCUT2D eigenvalue weighted by Crippen LogP contribution is 2.29. The molecule has 1 aliphatic rings. The van der Waals surface area contributed by atoms with E-state index < -0.39 is 0 Å². The van der Waals surface area contributed by atoms with E-state index in [1.54, 1.807) is 11.8 Å². The molecule has 0 saturated carbocycles. The van der Waals surface area contributed by atoms with E-state index in [0.29, 0.717) is 0 Å². The van der Waals surface area contributed by atoms with Crippen molar-refractivity contribution in [3.8, 4) is 0 Å². The molecule has 1 saturated heterocycles. The quantitative estimate of drug-likeness (QED) is 0.718. The average Bonchev–Trinajstić information content (AvgIpc) is 2.57. The molecule has 22 heavy (non-hydrogen) atoms. The van der Waals surface area contributed by atoms with E-state index >= 15 is 0 Å². The molecular weight excluding hydrogens is 328 g/mol. The highest BCUT2D eigenvalue weighted by atomic mass is 32.2. The maximum absolute atomic E-state index is 5.79. The van der Waals surface area contributed by atoms with Gasteiger partial charge in [-0.05, 0) is 42.9 Å². The zero-order valence-corrected chi connectivity index (χ0v) is 14.5. The topological polar surface area (TPSA) is 6.48 Å². The number of thioether (sulfide) groups is 1. The molecule has 5 heteroatoms. The number of hydrogen-bond donors (Lipinski definition) is 0. The smallest absolute Gasteiger partial charge is 0.186 e. The van der Waals surface area contributed by atoms with Crippen molar-refractivity contribution < 1.29 is 0 Å². The largest absolute Gasteiger partial charge is 0.304 e. The summed E-state index contributed by atoms with van der Waals surface area (Å²) in [6.07, 6.45) is 1.10. The van der Waals surface area contributed by atoms with E-state index in [9.17, 15) is 0 Å². The first-order chi connectivity index (χ1) is 10.8. The van der Waals surface area contributed by atoms with Gasteiger partial charge in [0.15, 0.2) is 5.11 Å². The lowest BCUT2D eigenvalue weighted by molar-refractivity contribution is 0.609. The highest BCUT2D eigenvalue weighted by Gasteiger charge is 2.25.